The number of phenols is 1. The predicted octanol–water partition coefficient (Wildman–Crippen LogP) is 2.96. The maximum atomic E-state index is 13.9. The number of phenolic OH excluding ortho intramolecular Hbond substituents is 1. The van der Waals surface area contributed by atoms with Crippen molar-refractivity contribution in [1.82, 2.24) is 0 Å². The van der Waals surface area contributed by atoms with Crippen molar-refractivity contribution >= 4 is 5.97 Å². The van der Waals surface area contributed by atoms with Gasteiger partial charge in [0.05, 0.1) is 5.41 Å². The van der Waals surface area contributed by atoms with Gasteiger partial charge in [-0.3, -0.25) is 4.79 Å². The maximum absolute atomic E-state index is 13.9. The van der Waals surface area contributed by atoms with Crippen LogP contribution in [0.4, 0.5) is 8.78 Å². The highest BCUT2D eigenvalue weighted by molar-refractivity contribution is 5.82. The minimum absolute atomic E-state index is 0.219. The molecule has 3 nitrogen and oxygen atoms in total. The Morgan fingerprint density at radius 2 is 1.78 bits per heavy atom. The summed E-state index contributed by atoms with van der Waals surface area (Å²) in [5.74, 6) is -4.08. The summed E-state index contributed by atoms with van der Waals surface area (Å²) in [6.07, 6.45) is 2.56. The molecule has 0 spiro atoms. The van der Waals surface area contributed by atoms with Crippen LogP contribution < -0.4 is 0 Å². The number of carboxylic acid groups (broad SMARTS) is 1. The van der Waals surface area contributed by atoms with Crippen LogP contribution in [-0.2, 0) is 10.2 Å². The van der Waals surface area contributed by atoms with Gasteiger partial charge in [0.25, 0.3) is 0 Å². The smallest absolute Gasteiger partial charge is 0.314 e. The number of hydrogen-bond donors (Lipinski definition) is 2. The number of aromatic hydroxyl groups is 1. The van der Waals surface area contributed by atoms with E-state index in [0.717, 1.165) is 18.6 Å². The Morgan fingerprint density at radius 3 is 2.33 bits per heavy atom. The van der Waals surface area contributed by atoms with Gasteiger partial charge in [-0.15, -0.1) is 0 Å². The molecule has 0 atom stereocenters. The first-order valence-electron chi connectivity index (χ1n) is 5.90. The minimum atomic E-state index is -1.51. The molecule has 2 N–H and O–H groups in total. The van der Waals surface area contributed by atoms with Crippen LogP contribution in [0.2, 0.25) is 0 Å². The van der Waals surface area contributed by atoms with Crippen molar-refractivity contribution in [2.75, 3.05) is 0 Å². The second-order valence-corrected chi connectivity index (χ2v) is 4.70. The second kappa shape index (κ2) is 4.55. The summed E-state index contributed by atoms with van der Waals surface area (Å²) in [4.78, 5) is 11.5. The van der Waals surface area contributed by atoms with Crippen LogP contribution in [0.15, 0.2) is 12.1 Å². The van der Waals surface area contributed by atoms with E-state index >= 15 is 0 Å². The third-order valence-corrected chi connectivity index (χ3v) is 3.67. The molecule has 1 aliphatic rings. The number of rotatable bonds is 2. The molecule has 5 heteroatoms. The highest BCUT2D eigenvalue weighted by Crippen LogP contribution is 2.44. The Balaban J connectivity index is 2.63. The standard InChI is InChI=1S/C13H14F2O3/c14-8-4-5-9(16)10(11(8)15)13(12(17)18)6-2-1-3-7-13/h4-5,16H,1-3,6-7H2,(H,17,18). The van der Waals surface area contributed by atoms with Gasteiger partial charge in [-0.1, -0.05) is 19.3 Å². The van der Waals surface area contributed by atoms with E-state index in [1.54, 1.807) is 0 Å². The van der Waals surface area contributed by atoms with Crippen LogP contribution >= 0.6 is 0 Å². The Labute approximate surface area is 103 Å². The normalized spacial score (nSPS) is 18.6. The molecular formula is C13H14F2O3. The largest absolute Gasteiger partial charge is 0.508 e. The Kier molecular flexibility index (Phi) is 3.24. The van der Waals surface area contributed by atoms with Crippen molar-refractivity contribution in [2.24, 2.45) is 0 Å². The fourth-order valence-electron chi connectivity index (χ4n) is 2.72. The van der Waals surface area contributed by atoms with Crippen molar-refractivity contribution < 1.29 is 23.8 Å². The number of carbonyl (C=O) groups is 1. The number of carboxylic acids is 1. The van der Waals surface area contributed by atoms with E-state index in [-0.39, 0.29) is 12.8 Å². The first kappa shape index (κ1) is 12.8. The quantitative estimate of drug-likeness (QED) is 0.855. The molecule has 0 saturated heterocycles. The Morgan fingerprint density at radius 1 is 1.17 bits per heavy atom. The highest BCUT2D eigenvalue weighted by atomic mass is 19.2. The predicted molar refractivity (Wildman–Crippen MR) is 60.4 cm³/mol. The van der Waals surface area contributed by atoms with Gasteiger partial charge in [0.1, 0.15) is 5.75 Å². The summed E-state index contributed by atoms with van der Waals surface area (Å²) in [5.41, 5.74) is -1.91. The van der Waals surface area contributed by atoms with E-state index in [4.69, 9.17) is 0 Å². The molecule has 0 unspecified atom stereocenters. The van der Waals surface area contributed by atoms with Crippen LogP contribution in [0.5, 0.6) is 5.75 Å². The maximum Gasteiger partial charge on any atom is 0.314 e. The molecule has 1 aromatic carbocycles. The summed E-state index contributed by atoms with van der Waals surface area (Å²) in [7, 11) is 0. The van der Waals surface area contributed by atoms with Crippen LogP contribution in [0.25, 0.3) is 0 Å². The molecule has 0 radical (unpaired) electrons. The van der Waals surface area contributed by atoms with Gasteiger partial charge in [-0.25, -0.2) is 8.78 Å². The van der Waals surface area contributed by atoms with Gasteiger partial charge in [0, 0.05) is 5.56 Å². The summed E-state index contributed by atoms with van der Waals surface area (Å²) < 4.78 is 27.1. The molecule has 0 heterocycles. The van der Waals surface area contributed by atoms with E-state index in [1.165, 1.54) is 0 Å². The summed E-state index contributed by atoms with van der Waals surface area (Å²) in [5, 5.41) is 19.1. The first-order chi connectivity index (χ1) is 8.49. The van der Waals surface area contributed by atoms with E-state index in [9.17, 15) is 23.8 Å². The van der Waals surface area contributed by atoms with E-state index in [1.807, 2.05) is 0 Å². The van der Waals surface area contributed by atoms with Gasteiger partial charge in [0.2, 0.25) is 0 Å². The van der Waals surface area contributed by atoms with E-state index in [0.29, 0.717) is 12.8 Å². The van der Waals surface area contributed by atoms with Crippen LogP contribution in [0.3, 0.4) is 0 Å². The molecule has 0 amide bonds. The number of halogens is 2. The Bertz CT molecular complexity index is 479. The number of hydrogen-bond acceptors (Lipinski definition) is 2. The van der Waals surface area contributed by atoms with Gasteiger partial charge in [-0.05, 0) is 25.0 Å². The zero-order valence-electron chi connectivity index (χ0n) is 9.75. The molecule has 0 aliphatic heterocycles. The summed E-state index contributed by atoms with van der Waals surface area (Å²) in [6, 6.07) is 1.81. The highest BCUT2D eigenvalue weighted by Gasteiger charge is 2.45. The van der Waals surface area contributed by atoms with Crippen molar-refractivity contribution in [3.63, 3.8) is 0 Å². The van der Waals surface area contributed by atoms with Crippen LogP contribution in [0, 0.1) is 11.6 Å². The van der Waals surface area contributed by atoms with Gasteiger partial charge >= 0.3 is 5.97 Å². The van der Waals surface area contributed by atoms with Crippen molar-refractivity contribution in [1.29, 1.82) is 0 Å². The lowest BCUT2D eigenvalue weighted by molar-refractivity contribution is -0.145. The zero-order chi connectivity index (χ0) is 13.3. The average Bonchev–Trinajstić information content (AvgIpc) is 2.35. The minimum Gasteiger partial charge on any atom is -0.508 e. The summed E-state index contributed by atoms with van der Waals surface area (Å²) >= 11 is 0. The Hall–Kier alpha value is -1.65. The molecule has 98 valence electrons. The third kappa shape index (κ3) is 1.83. The van der Waals surface area contributed by atoms with Crippen LogP contribution in [-0.4, -0.2) is 16.2 Å². The zero-order valence-corrected chi connectivity index (χ0v) is 9.75. The number of aliphatic carboxylic acids is 1. The van der Waals surface area contributed by atoms with Crippen molar-refractivity contribution in [3.05, 3.63) is 29.3 Å². The van der Waals surface area contributed by atoms with Crippen molar-refractivity contribution in [3.8, 4) is 5.75 Å². The molecule has 0 bridgehead atoms. The van der Waals surface area contributed by atoms with Gasteiger partial charge < -0.3 is 10.2 Å². The molecule has 0 aromatic heterocycles. The fourth-order valence-corrected chi connectivity index (χ4v) is 2.72. The molecule has 18 heavy (non-hydrogen) atoms. The molecule has 1 fully saturated rings. The van der Waals surface area contributed by atoms with Gasteiger partial charge in [-0.2, -0.15) is 0 Å². The van der Waals surface area contributed by atoms with E-state index < -0.39 is 34.3 Å². The molecule has 1 saturated carbocycles. The summed E-state index contributed by atoms with van der Waals surface area (Å²) in [6.45, 7) is 0. The molecular weight excluding hydrogens is 242 g/mol. The third-order valence-electron chi connectivity index (χ3n) is 3.67. The fraction of sp³-hybridized carbons (Fsp3) is 0.462. The topological polar surface area (TPSA) is 57.5 Å². The lowest BCUT2D eigenvalue weighted by atomic mass is 9.69. The number of benzene rings is 1. The van der Waals surface area contributed by atoms with Crippen molar-refractivity contribution in [2.45, 2.75) is 37.5 Å². The molecule has 2 rings (SSSR count). The lowest BCUT2D eigenvalue weighted by Crippen LogP contribution is -2.39. The van der Waals surface area contributed by atoms with Gasteiger partial charge in [0.15, 0.2) is 11.6 Å². The lowest BCUT2D eigenvalue weighted by Gasteiger charge is -2.34. The molecule has 1 aliphatic carbocycles. The SMILES string of the molecule is O=C(O)C1(c2c(O)ccc(F)c2F)CCCCC1. The second-order valence-electron chi connectivity index (χ2n) is 4.70. The first-order valence-corrected chi connectivity index (χ1v) is 5.90. The van der Waals surface area contributed by atoms with E-state index in [2.05, 4.69) is 0 Å². The van der Waals surface area contributed by atoms with Crippen LogP contribution in [0.1, 0.15) is 37.7 Å². The monoisotopic (exact) mass is 256 g/mol. The molecule has 1 aromatic rings. The average molecular weight is 256 g/mol.